The first-order valence-corrected chi connectivity index (χ1v) is 5.78. The maximum Gasteiger partial charge on any atom is 0.144 e. The van der Waals surface area contributed by atoms with Crippen LogP contribution in [0.4, 0.5) is 0 Å². The summed E-state index contributed by atoms with van der Waals surface area (Å²) in [5, 5.41) is 4.17. The molecule has 3 heteroatoms. The Labute approximate surface area is 105 Å². The fourth-order valence-corrected chi connectivity index (χ4v) is 2.47. The van der Waals surface area contributed by atoms with Crippen LogP contribution in [-0.4, -0.2) is 12.8 Å². The quantitative estimate of drug-likeness (QED) is 0.433. The molecular formula is C15H8BNO. The van der Waals surface area contributed by atoms with E-state index in [1.807, 2.05) is 30.5 Å². The van der Waals surface area contributed by atoms with Crippen LogP contribution in [0.1, 0.15) is 0 Å². The third-order valence-corrected chi connectivity index (χ3v) is 3.31. The van der Waals surface area contributed by atoms with Crippen LogP contribution < -0.4 is 5.46 Å². The van der Waals surface area contributed by atoms with E-state index in [4.69, 9.17) is 12.3 Å². The molecule has 2 radical (unpaired) electrons. The molecule has 0 saturated heterocycles. The van der Waals surface area contributed by atoms with Crippen molar-refractivity contribution in [3.8, 4) is 0 Å². The van der Waals surface area contributed by atoms with Crippen molar-refractivity contribution >= 4 is 46.0 Å². The van der Waals surface area contributed by atoms with E-state index in [1.54, 1.807) is 6.20 Å². The minimum absolute atomic E-state index is 0.745. The zero-order valence-corrected chi connectivity index (χ0v) is 9.55. The Morgan fingerprint density at radius 2 is 1.94 bits per heavy atom. The molecule has 0 spiro atoms. The summed E-state index contributed by atoms with van der Waals surface area (Å²) in [5.41, 5.74) is 2.42. The molecule has 0 atom stereocenters. The monoisotopic (exact) mass is 229 g/mol. The first-order valence-electron chi connectivity index (χ1n) is 5.78. The second-order valence-electron chi connectivity index (χ2n) is 4.36. The topological polar surface area (TPSA) is 26.0 Å². The molecule has 0 saturated carbocycles. The lowest BCUT2D eigenvalue weighted by Gasteiger charge is -1.97. The van der Waals surface area contributed by atoms with Crippen molar-refractivity contribution in [1.29, 1.82) is 0 Å². The van der Waals surface area contributed by atoms with E-state index in [2.05, 4.69) is 17.1 Å². The first kappa shape index (κ1) is 9.72. The lowest BCUT2D eigenvalue weighted by Crippen LogP contribution is -2.00. The highest BCUT2D eigenvalue weighted by Crippen LogP contribution is 2.32. The fraction of sp³-hybridized carbons (Fsp3) is 0. The molecule has 0 amide bonds. The molecule has 0 aliphatic carbocycles. The largest absolute Gasteiger partial charge is 0.455 e. The van der Waals surface area contributed by atoms with E-state index in [1.165, 1.54) is 0 Å². The Balaban J connectivity index is 2.34. The Morgan fingerprint density at radius 1 is 1.00 bits per heavy atom. The van der Waals surface area contributed by atoms with Gasteiger partial charge in [-0.05, 0) is 23.6 Å². The van der Waals surface area contributed by atoms with Crippen molar-refractivity contribution in [3.05, 3.63) is 48.8 Å². The van der Waals surface area contributed by atoms with Gasteiger partial charge in [-0.1, -0.05) is 23.7 Å². The number of benzene rings is 2. The van der Waals surface area contributed by atoms with Gasteiger partial charge in [0.1, 0.15) is 19.0 Å². The van der Waals surface area contributed by atoms with Gasteiger partial charge in [-0.15, -0.1) is 0 Å². The summed E-state index contributed by atoms with van der Waals surface area (Å²) in [7, 11) is 6.04. The minimum Gasteiger partial charge on any atom is -0.455 e. The first-order chi connectivity index (χ1) is 8.84. The Morgan fingerprint density at radius 3 is 2.89 bits per heavy atom. The smallest absolute Gasteiger partial charge is 0.144 e. The highest BCUT2D eigenvalue weighted by molar-refractivity contribution is 6.41. The number of nitrogens with zero attached hydrogens (tertiary/aromatic N) is 1. The van der Waals surface area contributed by atoms with E-state index in [-0.39, 0.29) is 0 Å². The standard InChI is InChI=1S/C15H8BNO/c16-12-2-1-3-13-14(12)10-5-4-9-6-7-17-8-11(9)15(10)18-13/h1-8H. The maximum absolute atomic E-state index is 6.04. The van der Waals surface area contributed by atoms with Crippen LogP contribution in [0.15, 0.2) is 53.2 Å². The average molecular weight is 229 g/mol. The summed E-state index contributed by atoms with van der Waals surface area (Å²) in [6.45, 7) is 0. The summed E-state index contributed by atoms with van der Waals surface area (Å²) in [4.78, 5) is 4.16. The molecule has 2 aromatic heterocycles. The van der Waals surface area contributed by atoms with Crippen molar-refractivity contribution in [2.45, 2.75) is 0 Å². The van der Waals surface area contributed by atoms with Gasteiger partial charge in [0, 0.05) is 28.6 Å². The zero-order chi connectivity index (χ0) is 12.1. The highest BCUT2D eigenvalue weighted by Gasteiger charge is 2.10. The number of hydrogen-bond acceptors (Lipinski definition) is 2. The van der Waals surface area contributed by atoms with Gasteiger partial charge in [-0.25, -0.2) is 0 Å². The van der Waals surface area contributed by atoms with Crippen LogP contribution in [0.25, 0.3) is 32.7 Å². The normalized spacial score (nSPS) is 11.6. The SMILES string of the molecule is [B]c1cccc2oc3c4cnccc4ccc3c12. The molecular weight excluding hydrogens is 221 g/mol. The summed E-state index contributed by atoms with van der Waals surface area (Å²) in [5.74, 6) is 0. The summed E-state index contributed by atoms with van der Waals surface area (Å²) >= 11 is 0. The Hall–Kier alpha value is -2.29. The molecule has 18 heavy (non-hydrogen) atoms. The van der Waals surface area contributed by atoms with Crippen molar-refractivity contribution in [2.75, 3.05) is 0 Å². The predicted molar refractivity (Wildman–Crippen MR) is 74.4 cm³/mol. The highest BCUT2D eigenvalue weighted by atomic mass is 16.3. The molecule has 0 unspecified atom stereocenters. The van der Waals surface area contributed by atoms with Gasteiger partial charge < -0.3 is 4.42 Å². The molecule has 2 nitrogen and oxygen atoms in total. The van der Waals surface area contributed by atoms with Gasteiger partial charge >= 0.3 is 0 Å². The van der Waals surface area contributed by atoms with Crippen LogP contribution in [-0.2, 0) is 0 Å². The second-order valence-corrected chi connectivity index (χ2v) is 4.36. The molecule has 4 rings (SSSR count). The van der Waals surface area contributed by atoms with E-state index < -0.39 is 0 Å². The van der Waals surface area contributed by atoms with E-state index in [0.717, 1.165) is 38.2 Å². The van der Waals surface area contributed by atoms with Crippen molar-refractivity contribution in [2.24, 2.45) is 0 Å². The minimum atomic E-state index is 0.745. The number of hydrogen-bond donors (Lipinski definition) is 0. The van der Waals surface area contributed by atoms with Crippen molar-refractivity contribution < 1.29 is 4.42 Å². The second kappa shape index (κ2) is 3.36. The van der Waals surface area contributed by atoms with Gasteiger partial charge in [0.25, 0.3) is 0 Å². The van der Waals surface area contributed by atoms with Crippen LogP contribution in [0.5, 0.6) is 0 Å². The lowest BCUT2D eigenvalue weighted by molar-refractivity contribution is 0.672. The molecule has 0 bridgehead atoms. The van der Waals surface area contributed by atoms with Gasteiger partial charge in [0.15, 0.2) is 0 Å². The van der Waals surface area contributed by atoms with Crippen LogP contribution in [0, 0.1) is 0 Å². The van der Waals surface area contributed by atoms with Crippen molar-refractivity contribution in [1.82, 2.24) is 4.98 Å². The molecule has 4 aromatic rings. The van der Waals surface area contributed by atoms with Crippen LogP contribution in [0.2, 0.25) is 0 Å². The van der Waals surface area contributed by atoms with Gasteiger partial charge in [0.2, 0.25) is 0 Å². The van der Waals surface area contributed by atoms with E-state index >= 15 is 0 Å². The molecule has 0 fully saturated rings. The maximum atomic E-state index is 6.04. The molecule has 0 aliphatic heterocycles. The molecule has 0 aliphatic rings. The zero-order valence-electron chi connectivity index (χ0n) is 9.55. The number of fused-ring (bicyclic) bond motifs is 5. The molecule has 82 valence electrons. The molecule has 2 heterocycles. The lowest BCUT2D eigenvalue weighted by atomic mass is 9.91. The van der Waals surface area contributed by atoms with Crippen LogP contribution in [0.3, 0.4) is 0 Å². The van der Waals surface area contributed by atoms with E-state index in [0.29, 0.717) is 0 Å². The Kier molecular flexibility index (Phi) is 1.81. The number of aromatic nitrogens is 1. The van der Waals surface area contributed by atoms with Gasteiger partial charge in [-0.3, -0.25) is 4.98 Å². The predicted octanol–water partition coefficient (Wildman–Crippen LogP) is 2.93. The third-order valence-electron chi connectivity index (χ3n) is 3.31. The molecule has 2 aromatic carbocycles. The van der Waals surface area contributed by atoms with Crippen molar-refractivity contribution in [3.63, 3.8) is 0 Å². The fourth-order valence-electron chi connectivity index (χ4n) is 2.47. The molecule has 0 N–H and O–H groups in total. The van der Waals surface area contributed by atoms with Gasteiger partial charge in [0.05, 0.1) is 0 Å². The van der Waals surface area contributed by atoms with Gasteiger partial charge in [-0.2, -0.15) is 0 Å². The summed E-state index contributed by atoms with van der Waals surface area (Å²) in [6.07, 6.45) is 3.61. The van der Waals surface area contributed by atoms with E-state index in [9.17, 15) is 0 Å². The third kappa shape index (κ3) is 1.16. The summed E-state index contributed by atoms with van der Waals surface area (Å²) in [6, 6.07) is 11.8. The number of furan rings is 1. The number of rotatable bonds is 0. The summed E-state index contributed by atoms with van der Waals surface area (Å²) < 4.78 is 5.93. The van der Waals surface area contributed by atoms with Crippen LogP contribution >= 0.6 is 0 Å². The number of pyridine rings is 1. The average Bonchev–Trinajstić information content (AvgIpc) is 2.79. The Bertz CT molecular complexity index is 895.